The summed E-state index contributed by atoms with van der Waals surface area (Å²) in [5.41, 5.74) is -0.369. The van der Waals surface area contributed by atoms with Crippen LogP contribution in [-0.4, -0.2) is 36.1 Å². The molecule has 0 aromatic carbocycles. The molecule has 2 atom stereocenters. The number of likely N-dealkylation sites (tertiary alicyclic amines) is 1. The van der Waals surface area contributed by atoms with Gasteiger partial charge in [-0.1, -0.05) is 13.3 Å². The van der Waals surface area contributed by atoms with Crippen molar-refractivity contribution in [2.75, 3.05) is 19.6 Å². The van der Waals surface area contributed by atoms with E-state index in [0.717, 1.165) is 25.3 Å². The third-order valence-electron chi connectivity index (χ3n) is 4.52. The van der Waals surface area contributed by atoms with Crippen LogP contribution in [0.4, 0.5) is 0 Å². The van der Waals surface area contributed by atoms with Gasteiger partial charge in [-0.25, -0.2) is 0 Å². The van der Waals surface area contributed by atoms with Crippen molar-refractivity contribution in [2.24, 2.45) is 5.92 Å². The van der Waals surface area contributed by atoms with Gasteiger partial charge < -0.3 is 4.90 Å². The zero-order chi connectivity index (χ0) is 15.0. The molecule has 1 fully saturated rings. The van der Waals surface area contributed by atoms with E-state index >= 15 is 0 Å². The molecule has 3 heteroatoms. The molecule has 0 aliphatic carbocycles. The second kappa shape index (κ2) is 8.64. The van der Waals surface area contributed by atoms with E-state index in [1.807, 2.05) is 6.92 Å². The Bertz CT molecular complexity index is 308. The van der Waals surface area contributed by atoms with Gasteiger partial charge in [0.2, 0.25) is 0 Å². The number of hydrogen-bond acceptors (Lipinski definition) is 3. The van der Waals surface area contributed by atoms with E-state index in [1.54, 1.807) is 0 Å². The molecule has 0 aromatic heterocycles. The summed E-state index contributed by atoms with van der Waals surface area (Å²) < 4.78 is 0. The minimum atomic E-state index is -0.369. The van der Waals surface area contributed by atoms with E-state index < -0.39 is 0 Å². The van der Waals surface area contributed by atoms with Crippen molar-refractivity contribution in [1.29, 1.82) is 5.26 Å². The van der Waals surface area contributed by atoms with Crippen molar-refractivity contribution in [3.05, 3.63) is 0 Å². The Morgan fingerprint density at radius 1 is 1.35 bits per heavy atom. The fourth-order valence-corrected chi connectivity index (χ4v) is 3.31. The Balaban J connectivity index is 2.31. The molecule has 0 spiro atoms. The molecule has 1 aliphatic heterocycles. The van der Waals surface area contributed by atoms with Gasteiger partial charge in [0.25, 0.3) is 0 Å². The molecule has 20 heavy (non-hydrogen) atoms. The standard InChI is InChI=1S/C17H33N3/c1-5-16-8-6-11-20(13-9-16)12-7-10-17(4,14-18)19-15(2)3/h15-16,19H,5-13H2,1-4H3. The van der Waals surface area contributed by atoms with Crippen molar-refractivity contribution in [2.45, 2.75) is 77.8 Å². The average Bonchev–Trinajstić information content (AvgIpc) is 2.63. The summed E-state index contributed by atoms with van der Waals surface area (Å²) in [6.45, 7) is 12.2. The first-order valence-electron chi connectivity index (χ1n) is 8.40. The first-order chi connectivity index (χ1) is 9.49. The SMILES string of the molecule is CCC1CCCN(CCCC(C)(C#N)NC(C)C)CC1. The molecule has 0 bridgehead atoms. The number of hydrogen-bond donors (Lipinski definition) is 1. The van der Waals surface area contributed by atoms with Gasteiger partial charge in [-0.05, 0) is 78.4 Å². The molecule has 0 saturated carbocycles. The number of nitrogens with one attached hydrogen (secondary N) is 1. The van der Waals surface area contributed by atoms with Crippen LogP contribution in [0.5, 0.6) is 0 Å². The van der Waals surface area contributed by atoms with Crippen LogP contribution >= 0.6 is 0 Å². The van der Waals surface area contributed by atoms with E-state index in [-0.39, 0.29) is 5.54 Å². The van der Waals surface area contributed by atoms with E-state index in [2.05, 4.69) is 37.1 Å². The van der Waals surface area contributed by atoms with Gasteiger partial charge in [0.05, 0.1) is 6.07 Å². The van der Waals surface area contributed by atoms with Crippen molar-refractivity contribution in [1.82, 2.24) is 10.2 Å². The first kappa shape index (κ1) is 17.5. The highest BCUT2D eigenvalue weighted by molar-refractivity contribution is 5.04. The Morgan fingerprint density at radius 3 is 2.70 bits per heavy atom. The van der Waals surface area contributed by atoms with Crippen molar-refractivity contribution in [3.8, 4) is 6.07 Å². The molecule has 1 rings (SSSR count). The van der Waals surface area contributed by atoms with Crippen LogP contribution in [0.15, 0.2) is 0 Å². The summed E-state index contributed by atoms with van der Waals surface area (Å²) in [6, 6.07) is 2.81. The summed E-state index contributed by atoms with van der Waals surface area (Å²) in [4.78, 5) is 2.60. The summed E-state index contributed by atoms with van der Waals surface area (Å²) in [6.07, 6.45) is 7.49. The lowest BCUT2D eigenvalue weighted by atomic mass is 9.96. The second-order valence-corrected chi connectivity index (χ2v) is 6.89. The van der Waals surface area contributed by atoms with Crippen LogP contribution in [0.1, 0.15) is 66.2 Å². The average molecular weight is 279 g/mol. The van der Waals surface area contributed by atoms with Crippen LogP contribution in [0.2, 0.25) is 0 Å². The van der Waals surface area contributed by atoms with Gasteiger partial charge in [0.15, 0.2) is 0 Å². The van der Waals surface area contributed by atoms with Crippen LogP contribution in [-0.2, 0) is 0 Å². The third kappa shape index (κ3) is 6.24. The van der Waals surface area contributed by atoms with Gasteiger partial charge in [0, 0.05) is 6.04 Å². The fraction of sp³-hybridized carbons (Fsp3) is 0.941. The van der Waals surface area contributed by atoms with Crippen molar-refractivity contribution in [3.63, 3.8) is 0 Å². The maximum Gasteiger partial charge on any atom is 0.104 e. The van der Waals surface area contributed by atoms with Gasteiger partial charge in [-0.2, -0.15) is 5.26 Å². The zero-order valence-corrected chi connectivity index (χ0v) is 13.9. The predicted molar refractivity (Wildman–Crippen MR) is 85.6 cm³/mol. The lowest BCUT2D eigenvalue weighted by molar-refractivity contribution is 0.259. The van der Waals surface area contributed by atoms with Gasteiger partial charge >= 0.3 is 0 Å². The van der Waals surface area contributed by atoms with Crippen LogP contribution in [0.3, 0.4) is 0 Å². The van der Waals surface area contributed by atoms with Gasteiger partial charge in [0.1, 0.15) is 5.54 Å². The Labute approximate surface area is 125 Å². The van der Waals surface area contributed by atoms with Crippen molar-refractivity contribution >= 4 is 0 Å². The van der Waals surface area contributed by atoms with Gasteiger partial charge in [-0.3, -0.25) is 5.32 Å². The smallest absolute Gasteiger partial charge is 0.104 e. The molecule has 2 unspecified atom stereocenters. The fourth-order valence-electron chi connectivity index (χ4n) is 3.31. The molecule has 116 valence electrons. The summed E-state index contributed by atoms with van der Waals surface area (Å²) in [5.74, 6) is 0.937. The number of nitriles is 1. The van der Waals surface area contributed by atoms with E-state index in [1.165, 1.54) is 38.8 Å². The Morgan fingerprint density at radius 2 is 2.10 bits per heavy atom. The lowest BCUT2D eigenvalue weighted by Crippen LogP contribution is -2.45. The van der Waals surface area contributed by atoms with E-state index in [4.69, 9.17) is 0 Å². The van der Waals surface area contributed by atoms with Gasteiger partial charge in [-0.15, -0.1) is 0 Å². The molecule has 1 aliphatic rings. The van der Waals surface area contributed by atoms with Crippen molar-refractivity contribution < 1.29 is 0 Å². The van der Waals surface area contributed by atoms with E-state index in [0.29, 0.717) is 6.04 Å². The Hall–Kier alpha value is -0.590. The molecule has 1 N–H and O–H groups in total. The van der Waals surface area contributed by atoms with E-state index in [9.17, 15) is 5.26 Å². The monoisotopic (exact) mass is 279 g/mol. The molecular formula is C17H33N3. The number of nitrogens with zero attached hydrogens (tertiary/aromatic N) is 2. The third-order valence-corrected chi connectivity index (χ3v) is 4.52. The molecule has 0 amide bonds. The lowest BCUT2D eigenvalue weighted by Gasteiger charge is -2.27. The predicted octanol–water partition coefficient (Wildman–Crippen LogP) is 3.56. The molecular weight excluding hydrogens is 246 g/mol. The summed E-state index contributed by atoms with van der Waals surface area (Å²) in [7, 11) is 0. The zero-order valence-electron chi connectivity index (χ0n) is 13.9. The van der Waals surface area contributed by atoms with Crippen LogP contribution < -0.4 is 5.32 Å². The summed E-state index contributed by atoms with van der Waals surface area (Å²) in [5, 5.41) is 12.7. The Kier molecular flexibility index (Phi) is 7.55. The maximum absolute atomic E-state index is 9.36. The normalized spacial score (nSPS) is 24.1. The quantitative estimate of drug-likeness (QED) is 0.774. The van der Waals surface area contributed by atoms with Crippen LogP contribution in [0, 0.1) is 17.2 Å². The highest BCUT2D eigenvalue weighted by Crippen LogP contribution is 2.21. The maximum atomic E-state index is 9.36. The highest BCUT2D eigenvalue weighted by Gasteiger charge is 2.24. The first-order valence-corrected chi connectivity index (χ1v) is 8.40. The number of rotatable bonds is 7. The molecule has 3 nitrogen and oxygen atoms in total. The molecule has 0 radical (unpaired) electrons. The molecule has 0 aromatic rings. The topological polar surface area (TPSA) is 39.1 Å². The second-order valence-electron chi connectivity index (χ2n) is 6.89. The largest absolute Gasteiger partial charge is 0.303 e. The molecule has 1 saturated heterocycles. The summed E-state index contributed by atoms with van der Waals surface area (Å²) >= 11 is 0. The highest BCUT2D eigenvalue weighted by atomic mass is 15.1. The molecule has 1 heterocycles. The minimum Gasteiger partial charge on any atom is -0.303 e. The van der Waals surface area contributed by atoms with Crippen LogP contribution in [0.25, 0.3) is 0 Å². The minimum absolute atomic E-state index is 0.364.